The third-order valence-corrected chi connectivity index (χ3v) is 13.9. The predicted octanol–water partition coefficient (Wildman–Crippen LogP) is 2.92. The Morgan fingerprint density at radius 1 is 0.685 bits per heavy atom. The fraction of sp³-hybridized carbons (Fsp3) is 0.567. The molecule has 2 heterocycles. The normalized spacial score (nSPS) is 13.5. The molecule has 0 saturated carbocycles. The summed E-state index contributed by atoms with van der Waals surface area (Å²) in [6.07, 6.45) is -1.91. The third kappa shape index (κ3) is 29.4. The van der Waals surface area contributed by atoms with E-state index in [2.05, 4.69) is 20.9 Å². The van der Waals surface area contributed by atoms with Crippen LogP contribution in [0.5, 0.6) is 0 Å². The molecule has 0 spiro atoms. The van der Waals surface area contributed by atoms with Crippen LogP contribution in [-0.2, 0) is 92.4 Å². The summed E-state index contributed by atoms with van der Waals surface area (Å²) in [6, 6.07) is 13.7. The second kappa shape index (κ2) is 41.7. The van der Waals surface area contributed by atoms with Crippen molar-refractivity contribution < 1.29 is 113 Å². The molecule has 5 amide bonds. The van der Waals surface area contributed by atoms with Gasteiger partial charge in [-0.1, -0.05) is 51.1 Å². The van der Waals surface area contributed by atoms with Gasteiger partial charge in [-0.2, -0.15) is 18.7 Å². The Morgan fingerprint density at radius 2 is 1.23 bits per heavy atom. The summed E-state index contributed by atoms with van der Waals surface area (Å²) in [6.45, 7) is 7.55. The first-order chi connectivity index (χ1) is 43.9. The molecule has 3 aromatic rings. The minimum absolute atomic E-state index is 0.00513. The fourth-order valence-electron chi connectivity index (χ4n) is 8.50. The van der Waals surface area contributed by atoms with Gasteiger partial charge < -0.3 is 78.4 Å². The molecule has 0 bridgehead atoms. The van der Waals surface area contributed by atoms with E-state index < -0.39 is 94.6 Å². The number of nitrogens with zero attached hydrogens (tertiary/aromatic N) is 3. The number of alkyl halides is 3. The lowest BCUT2D eigenvalue weighted by Gasteiger charge is -2.41. The average Bonchev–Trinajstić information content (AvgIpc) is 1.58. The van der Waals surface area contributed by atoms with Crippen molar-refractivity contribution in [3.05, 3.63) is 95.8 Å². The Labute approximate surface area is 533 Å². The Hall–Kier alpha value is -6.82. The van der Waals surface area contributed by atoms with Gasteiger partial charge in [0.05, 0.1) is 143 Å². The maximum atomic E-state index is 15.4. The molecule has 6 N–H and O–H groups in total. The number of carbonyl (C=O) groups is 8. The number of thioether (sulfide) groups is 1. The maximum absolute atomic E-state index is 15.4. The minimum atomic E-state index is -5.29. The monoisotopic (exact) mass is 1330 g/mol. The van der Waals surface area contributed by atoms with Gasteiger partial charge in [0.25, 0.3) is 11.8 Å². The quantitative estimate of drug-likeness (QED) is 0.0103. The molecule has 0 aliphatic carbocycles. The van der Waals surface area contributed by atoms with E-state index in [0.29, 0.717) is 24.2 Å². The first kappa shape index (κ1) is 77.6. The minimum Gasteiger partial charge on any atom is -0.386 e. The van der Waals surface area contributed by atoms with Gasteiger partial charge in [-0.25, -0.2) is 18.4 Å². The van der Waals surface area contributed by atoms with Gasteiger partial charge in [-0.05, 0) is 48.2 Å². The second-order valence-electron chi connectivity index (χ2n) is 21.2. The zero-order valence-electron chi connectivity index (χ0n) is 51.6. The van der Waals surface area contributed by atoms with Crippen molar-refractivity contribution in [3.8, 4) is 11.1 Å². The lowest BCUT2D eigenvalue weighted by molar-refractivity contribution is -0.202. The molecule has 512 valence electrons. The summed E-state index contributed by atoms with van der Waals surface area (Å²) < 4.78 is 115. The van der Waals surface area contributed by atoms with Crippen molar-refractivity contribution in [2.45, 2.75) is 64.5 Å². The molecule has 32 heteroatoms. The molecule has 0 radical (unpaired) electrons. The molecule has 4 rings (SSSR count). The summed E-state index contributed by atoms with van der Waals surface area (Å²) in [4.78, 5) is 106. The molecule has 0 saturated heterocycles. The molecule has 1 aliphatic heterocycles. The van der Waals surface area contributed by atoms with Gasteiger partial charge in [0, 0.05) is 54.8 Å². The number of esters is 2. The van der Waals surface area contributed by atoms with E-state index in [1.165, 1.54) is 0 Å². The zero-order valence-corrected chi connectivity index (χ0v) is 52.4. The number of imide groups is 1. The van der Waals surface area contributed by atoms with Crippen LogP contribution in [-0.4, -0.2) is 229 Å². The van der Waals surface area contributed by atoms with E-state index in [9.17, 15) is 61.0 Å². The van der Waals surface area contributed by atoms with Gasteiger partial charge in [0.2, 0.25) is 23.4 Å². The van der Waals surface area contributed by atoms with Crippen LogP contribution in [0.2, 0.25) is 0 Å². The Balaban J connectivity index is 1.27. The number of hydroxylamine groups is 1. The lowest BCUT2D eigenvalue weighted by atomic mass is 9.83. The highest BCUT2D eigenvalue weighted by atomic mass is 32.2. The number of nitrogens with one attached hydrogen (secondary N) is 3. The zero-order chi connectivity index (χ0) is 67.4. The fourth-order valence-corrected chi connectivity index (χ4v) is 9.43. The number of amides is 5. The maximum Gasteiger partial charge on any atom is 0.491 e. The highest BCUT2D eigenvalue weighted by Crippen LogP contribution is 2.41. The largest absolute Gasteiger partial charge is 0.491 e. The topological polar surface area (TPSA) is 323 Å². The van der Waals surface area contributed by atoms with Gasteiger partial charge in [-0.15, -0.1) is 11.8 Å². The van der Waals surface area contributed by atoms with Crippen molar-refractivity contribution >= 4 is 59.2 Å². The van der Waals surface area contributed by atoms with Crippen LogP contribution in [0.15, 0.2) is 72.9 Å². The van der Waals surface area contributed by atoms with Crippen molar-refractivity contribution in [2.24, 2.45) is 11.1 Å². The number of nitrogens with two attached hydrogens (primary N) is 1. The number of hydrogen-bond donors (Lipinski definition) is 5. The molecule has 2 aromatic carbocycles. The van der Waals surface area contributed by atoms with E-state index in [4.69, 9.17) is 48.5 Å². The van der Waals surface area contributed by atoms with Gasteiger partial charge in [0.1, 0.15) is 18.2 Å². The molecule has 92 heavy (non-hydrogen) atoms. The number of aromatic nitrogens is 1. The molecule has 26 nitrogen and oxygen atoms in total. The number of benzene rings is 2. The molecule has 1 aliphatic rings. The van der Waals surface area contributed by atoms with E-state index >= 15 is 4.39 Å². The highest BCUT2D eigenvalue weighted by Gasteiger charge is 2.43. The lowest BCUT2D eigenvalue weighted by Crippen LogP contribution is -2.58. The highest BCUT2D eigenvalue weighted by molar-refractivity contribution is 8.00. The Bertz CT molecular complexity index is 2810. The van der Waals surface area contributed by atoms with E-state index in [-0.39, 0.29) is 156 Å². The van der Waals surface area contributed by atoms with E-state index in [1.54, 1.807) is 17.2 Å². The number of carbonyl (C=O) groups excluding carboxylic acids is 8. The van der Waals surface area contributed by atoms with Crippen molar-refractivity contribution in [1.29, 1.82) is 0 Å². The SMILES string of the molecule is CC(C)(C)[C@H](c1cc(-c2cc(F)ccc2F)cn1Cc1ccccc1)N(CCCN)C(=O)CSCC(O)(NC(=O)CCOCCOCCOCCOCCNC(=O)CN1C(=O)C=CC1=O)C(=O)ONCCOCCOCCOCCOCCC(=O)OC(=O)C(F)(F)F. The summed E-state index contributed by atoms with van der Waals surface area (Å²) >= 11 is 0.837. The molecule has 1 unspecified atom stereocenters. The van der Waals surface area contributed by atoms with Crippen LogP contribution in [0.1, 0.15) is 57.3 Å². The number of hydrogen-bond acceptors (Lipinski definition) is 22. The Kier molecular flexibility index (Phi) is 35.2. The number of ether oxygens (including phenoxy) is 9. The standard InChI is InChI=1S/C60H82F5N7O19S/c1-58(2,3)55(48-36-44(46-37-45(61)10-11-47(46)62)39-70(48)38-43-8-5-4-6-9-43)71(19-7-16-66)53(77)41-92-42-59(81,56(79)91-68-18-23-85-27-31-89-35-33-87-29-25-83-21-15-54(78)90-57(80)60(63,64)65)69-49(73)14-20-82-24-28-86-32-34-88-30-26-84-22-17-67-50(74)40-72-51(75)12-13-52(72)76/h4-6,8-13,36-37,39,55,68,81H,7,14-35,38,40-42,66H2,1-3H3,(H,67,74)(H,69,73)/t55-,59?/m0/s1. The third-order valence-electron chi connectivity index (χ3n) is 12.8. The van der Waals surface area contributed by atoms with Crippen molar-refractivity contribution in [2.75, 3.05) is 150 Å². The van der Waals surface area contributed by atoms with Gasteiger partial charge >= 0.3 is 24.1 Å². The van der Waals surface area contributed by atoms with Crippen LogP contribution in [0.25, 0.3) is 11.1 Å². The molecular weight excluding hydrogens is 1250 g/mol. The molecule has 0 fully saturated rings. The van der Waals surface area contributed by atoms with Crippen LogP contribution in [0.3, 0.4) is 0 Å². The second-order valence-corrected chi connectivity index (χ2v) is 22.2. The van der Waals surface area contributed by atoms with Crippen molar-refractivity contribution in [3.63, 3.8) is 0 Å². The molecule has 1 aromatic heterocycles. The average molecular weight is 1330 g/mol. The first-order valence-electron chi connectivity index (χ1n) is 29.4. The van der Waals surface area contributed by atoms with Crippen LogP contribution in [0, 0.1) is 17.0 Å². The van der Waals surface area contributed by atoms with Crippen LogP contribution in [0.4, 0.5) is 22.0 Å². The molecular formula is C60H82F5N7O19S. The summed E-state index contributed by atoms with van der Waals surface area (Å²) in [5.41, 5.74) is 6.94. The van der Waals surface area contributed by atoms with E-state index in [1.807, 2.05) is 55.7 Å². The van der Waals surface area contributed by atoms with E-state index in [0.717, 1.165) is 52.6 Å². The van der Waals surface area contributed by atoms with Crippen molar-refractivity contribution in [1.82, 2.24) is 30.5 Å². The summed E-state index contributed by atoms with van der Waals surface area (Å²) in [5, 5.41) is 16.7. The first-order valence-corrected chi connectivity index (χ1v) is 30.6. The number of halogens is 5. The summed E-state index contributed by atoms with van der Waals surface area (Å²) in [7, 11) is 0. The van der Waals surface area contributed by atoms with Gasteiger partial charge in [-0.3, -0.25) is 33.7 Å². The smallest absolute Gasteiger partial charge is 0.386 e. The van der Waals surface area contributed by atoms with Crippen LogP contribution < -0.4 is 21.8 Å². The number of aliphatic hydroxyl groups is 1. The van der Waals surface area contributed by atoms with Crippen LogP contribution >= 0.6 is 11.8 Å². The predicted molar refractivity (Wildman–Crippen MR) is 319 cm³/mol. The van der Waals surface area contributed by atoms with Gasteiger partial charge in [0.15, 0.2) is 0 Å². The number of rotatable bonds is 47. The molecule has 2 atom stereocenters. The summed E-state index contributed by atoms with van der Waals surface area (Å²) in [5.74, 6) is -10.3. The Morgan fingerprint density at radius 3 is 1.78 bits per heavy atom.